The highest BCUT2D eigenvalue weighted by atomic mass is 31.2. The van der Waals surface area contributed by atoms with E-state index in [9.17, 15) is 43.2 Å². The van der Waals surface area contributed by atoms with Gasteiger partial charge in [0.2, 0.25) is 0 Å². The first kappa shape index (κ1) is 95.1. The topological polar surface area (TPSA) is 237 Å². The van der Waals surface area contributed by atoms with E-state index in [1.807, 2.05) is 0 Å². The minimum Gasteiger partial charge on any atom is -0.462 e. The zero-order valence-corrected chi connectivity index (χ0v) is 65.5. The van der Waals surface area contributed by atoms with Gasteiger partial charge in [-0.05, 0) is 49.4 Å². The second kappa shape index (κ2) is 67.2. The van der Waals surface area contributed by atoms with Gasteiger partial charge in [0.05, 0.1) is 26.4 Å². The van der Waals surface area contributed by atoms with Gasteiger partial charge in [0, 0.05) is 25.7 Å². The average molecular weight is 1420 g/mol. The lowest BCUT2D eigenvalue weighted by Crippen LogP contribution is -2.30. The van der Waals surface area contributed by atoms with Crippen LogP contribution in [-0.2, 0) is 65.4 Å². The molecule has 0 aliphatic heterocycles. The number of carbonyl (C=O) groups excluding carboxylic acids is 4. The molecule has 19 heteroatoms. The van der Waals surface area contributed by atoms with Crippen molar-refractivity contribution in [2.45, 2.75) is 414 Å². The second-order valence-corrected chi connectivity index (χ2v) is 32.4. The fourth-order valence-corrected chi connectivity index (χ4v) is 13.4. The third-order valence-electron chi connectivity index (χ3n) is 18.8. The largest absolute Gasteiger partial charge is 0.472 e. The van der Waals surface area contributed by atoms with E-state index in [-0.39, 0.29) is 25.7 Å². The van der Waals surface area contributed by atoms with Gasteiger partial charge < -0.3 is 33.8 Å². The Balaban J connectivity index is 5.22. The van der Waals surface area contributed by atoms with Crippen LogP contribution in [0, 0.1) is 23.7 Å². The number of esters is 4. The van der Waals surface area contributed by atoms with Gasteiger partial charge in [-0.15, -0.1) is 0 Å². The monoisotopic (exact) mass is 1420 g/mol. The fourth-order valence-electron chi connectivity index (χ4n) is 11.8. The molecular formula is C78H152O17P2. The Kier molecular flexibility index (Phi) is 65.9. The normalized spacial score (nSPS) is 14.6. The second-order valence-electron chi connectivity index (χ2n) is 29.5. The molecule has 0 saturated heterocycles. The number of hydrogen-bond acceptors (Lipinski definition) is 15. The van der Waals surface area contributed by atoms with Crippen molar-refractivity contribution in [1.29, 1.82) is 0 Å². The van der Waals surface area contributed by atoms with Crippen LogP contribution < -0.4 is 0 Å². The molecule has 4 unspecified atom stereocenters. The van der Waals surface area contributed by atoms with Gasteiger partial charge in [-0.1, -0.05) is 344 Å². The zero-order valence-electron chi connectivity index (χ0n) is 63.7. The van der Waals surface area contributed by atoms with Gasteiger partial charge in [0.15, 0.2) is 12.2 Å². The summed E-state index contributed by atoms with van der Waals surface area (Å²) in [6, 6.07) is 0. The maximum Gasteiger partial charge on any atom is 0.472 e. The Labute approximate surface area is 594 Å². The summed E-state index contributed by atoms with van der Waals surface area (Å²) in [7, 11) is -9.92. The lowest BCUT2D eigenvalue weighted by atomic mass is 9.99. The van der Waals surface area contributed by atoms with E-state index in [0.717, 1.165) is 120 Å². The van der Waals surface area contributed by atoms with E-state index in [0.29, 0.717) is 25.7 Å². The van der Waals surface area contributed by atoms with Crippen molar-refractivity contribution in [3.63, 3.8) is 0 Å². The van der Waals surface area contributed by atoms with Crippen molar-refractivity contribution in [2.24, 2.45) is 23.7 Å². The first-order chi connectivity index (χ1) is 46.7. The number of rotatable bonds is 75. The highest BCUT2D eigenvalue weighted by Gasteiger charge is 2.30. The van der Waals surface area contributed by atoms with E-state index in [2.05, 4.69) is 55.4 Å². The SMILES string of the molecule is CCC(C)CCCCCCCCCCCCCCCCC(=O)O[C@H](COC(=O)CCCCCCCCC(C)CC)COP(=O)(O)OC[C@H](O)COP(=O)(O)OC[C@@H](COC(=O)CCCCCCCCCCC(C)C)OC(=O)CCCCCCCCCCCCCCCCCC(C)C. The van der Waals surface area contributed by atoms with E-state index in [1.54, 1.807) is 0 Å². The third kappa shape index (κ3) is 69.5. The number of phosphoric ester groups is 2. The molecule has 0 aromatic carbocycles. The van der Waals surface area contributed by atoms with Crippen molar-refractivity contribution >= 4 is 39.5 Å². The summed E-state index contributed by atoms with van der Waals surface area (Å²) in [5.41, 5.74) is 0. The van der Waals surface area contributed by atoms with Crippen molar-refractivity contribution in [3.05, 3.63) is 0 Å². The highest BCUT2D eigenvalue weighted by molar-refractivity contribution is 7.47. The Bertz CT molecular complexity index is 1910. The van der Waals surface area contributed by atoms with Crippen molar-refractivity contribution in [1.82, 2.24) is 0 Å². The summed E-state index contributed by atoms with van der Waals surface area (Å²) < 4.78 is 68.6. The maximum atomic E-state index is 13.1. The van der Waals surface area contributed by atoms with Crippen LogP contribution in [0.25, 0.3) is 0 Å². The molecule has 3 N–H and O–H groups in total. The zero-order chi connectivity index (χ0) is 71.7. The quantitative estimate of drug-likeness (QED) is 0.0222. The number of phosphoric acid groups is 2. The lowest BCUT2D eigenvalue weighted by Gasteiger charge is -2.21. The minimum atomic E-state index is -4.96. The van der Waals surface area contributed by atoms with Crippen LogP contribution in [0.1, 0.15) is 396 Å². The molecule has 0 saturated carbocycles. The number of ether oxygens (including phenoxy) is 4. The average Bonchev–Trinajstić information content (AvgIpc) is 2.76. The first-order valence-corrected chi connectivity index (χ1v) is 43.3. The minimum absolute atomic E-state index is 0.106. The number of carbonyl (C=O) groups is 4. The van der Waals surface area contributed by atoms with E-state index >= 15 is 0 Å². The van der Waals surface area contributed by atoms with Crippen LogP contribution in [0.4, 0.5) is 0 Å². The molecule has 97 heavy (non-hydrogen) atoms. The standard InChI is InChI=1S/C78H152O17P2/c1-9-70(7)56-48-40-32-25-21-17-14-15-19-23-27-35-45-53-61-78(83)95-74(65-89-76(81)59-51-43-37-36-41-49-57-71(8)10-2)67-93-97(86,87)91-63-72(79)62-90-96(84,85)92-66-73(64-88-75(80)58-50-42-33-29-28-31-39-47-55-69(5)6)94-77(82)60-52-44-34-26-22-18-13-11-12-16-20-24-30-38-46-54-68(3)4/h68-74,79H,9-67H2,1-8H3,(H,84,85)(H,86,87)/t70?,71?,72-,73-,74-/m1/s1. The van der Waals surface area contributed by atoms with Gasteiger partial charge in [-0.25, -0.2) is 9.13 Å². The van der Waals surface area contributed by atoms with Crippen LogP contribution in [0.5, 0.6) is 0 Å². The van der Waals surface area contributed by atoms with Gasteiger partial charge in [-0.2, -0.15) is 0 Å². The van der Waals surface area contributed by atoms with Crippen LogP contribution in [0.3, 0.4) is 0 Å². The van der Waals surface area contributed by atoms with Gasteiger partial charge in [-0.3, -0.25) is 37.3 Å². The molecule has 0 bridgehead atoms. The smallest absolute Gasteiger partial charge is 0.462 e. The molecule has 0 rings (SSSR count). The van der Waals surface area contributed by atoms with E-state index in [1.165, 1.54) is 193 Å². The van der Waals surface area contributed by atoms with E-state index in [4.69, 9.17) is 37.0 Å². The van der Waals surface area contributed by atoms with Crippen molar-refractivity contribution in [3.8, 4) is 0 Å². The fraction of sp³-hybridized carbons (Fsp3) is 0.949. The molecule has 0 radical (unpaired) electrons. The van der Waals surface area contributed by atoms with E-state index < -0.39 is 97.5 Å². The predicted octanol–water partition coefficient (Wildman–Crippen LogP) is 22.8. The molecule has 0 aromatic rings. The summed E-state index contributed by atoms with van der Waals surface area (Å²) in [4.78, 5) is 72.9. The molecule has 576 valence electrons. The molecule has 0 spiro atoms. The van der Waals surface area contributed by atoms with Crippen LogP contribution in [0.2, 0.25) is 0 Å². The number of aliphatic hydroxyl groups excluding tert-OH is 1. The van der Waals surface area contributed by atoms with Crippen LogP contribution in [-0.4, -0.2) is 96.7 Å². The van der Waals surface area contributed by atoms with Gasteiger partial charge in [0.1, 0.15) is 19.3 Å². The molecule has 17 nitrogen and oxygen atoms in total. The van der Waals surface area contributed by atoms with Crippen LogP contribution in [0.15, 0.2) is 0 Å². The molecule has 0 heterocycles. The Morgan fingerprint density at radius 2 is 0.495 bits per heavy atom. The molecule has 0 fully saturated rings. The summed E-state index contributed by atoms with van der Waals surface area (Å²) in [6.07, 6.45) is 52.7. The molecule has 7 atom stereocenters. The summed E-state index contributed by atoms with van der Waals surface area (Å²) in [5.74, 6) is 0.986. The summed E-state index contributed by atoms with van der Waals surface area (Å²) >= 11 is 0. The van der Waals surface area contributed by atoms with Crippen molar-refractivity contribution < 1.29 is 80.2 Å². The summed E-state index contributed by atoms with van der Waals surface area (Å²) in [5, 5.41) is 10.6. The molecule has 0 aliphatic carbocycles. The Morgan fingerprint density at radius 1 is 0.289 bits per heavy atom. The predicted molar refractivity (Wildman–Crippen MR) is 395 cm³/mol. The van der Waals surface area contributed by atoms with Crippen LogP contribution >= 0.6 is 15.6 Å². The Hall–Kier alpha value is -1.94. The molecule has 0 aliphatic rings. The highest BCUT2D eigenvalue weighted by Crippen LogP contribution is 2.45. The number of hydrogen-bond donors (Lipinski definition) is 3. The first-order valence-electron chi connectivity index (χ1n) is 40.3. The number of aliphatic hydroxyl groups is 1. The summed E-state index contributed by atoms with van der Waals surface area (Å²) in [6.45, 7) is 14.2. The Morgan fingerprint density at radius 3 is 0.732 bits per heavy atom. The number of unbranched alkanes of at least 4 members (excludes halogenated alkanes) is 39. The molecule has 0 aromatic heterocycles. The van der Waals surface area contributed by atoms with Gasteiger partial charge in [0.25, 0.3) is 0 Å². The molecule has 0 amide bonds. The lowest BCUT2D eigenvalue weighted by molar-refractivity contribution is -0.161. The maximum absolute atomic E-state index is 13.1. The third-order valence-corrected chi connectivity index (χ3v) is 20.7. The van der Waals surface area contributed by atoms with Gasteiger partial charge >= 0.3 is 39.5 Å². The molecular weight excluding hydrogens is 1270 g/mol. The van der Waals surface area contributed by atoms with Crippen molar-refractivity contribution in [2.75, 3.05) is 39.6 Å².